The molecule has 4 N–H and O–H groups in total. The SMILES string of the molecule is CCC1=C(C)c2cc3[nH]c(cc4nc(cc5[nH]c(cc1n2)c(C)c5CCCCNC(=O)OCc1ccccc1)C(CCCCNC(=O)OCc1ccccc1)=C4C)c(C)c3CC. The minimum atomic E-state index is -0.408. The Morgan fingerprint density at radius 1 is 0.532 bits per heavy atom. The molecule has 8 bridgehead atoms. The molecule has 2 aliphatic rings. The van der Waals surface area contributed by atoms with Crippen molar-refractivity contribution < 1.29 is 19.1 Å². The number of hydrogen-bond acceptors (Lipinski definition) is 6. The number of fused-ring (bicyclic) bond motifs is 8. The zero-order valence-corrected chi connectivity index (χ0v) is 37.1. The van der Waals surface area contributed by atoms with Crippen molar-refractivity contribution in [1.82, 2.24) is 30.6 Å². The van der Waals surface area contributed by atoms with Gasteiger partial charge in [0.15, 0.2) is 0 Å². The molecule has 3 aromatic heterocycles. The first-order valence-electron chi connectivity index (χ1n) is 22.2. The van der Waals surface area contributed by atoms with Crippen LogP contribution in [0.3, 0.4) is 0 Å². The highest BCUT2D eigenvalue weighted by Gasteiger charge is 2.21. The summed E-state index contributed by atoms with van der Waals surface area (Å²) in [5.41, 5.74) is 19.7. The molecule has 2 aromatic carbocycles. The number of unbranched alkanes of at least 4 members (excludes halogenated alkanes) is 2. The van der Waals surface area contributed by atoms with Crippen LogP contribution in [0.25, 0.3) is 44.4 Å². The lowest BCUT2D eigenvalue weighted by atomic mass is 9.99. The summed E-state index contributed by atoms with van der Waals surface area (Å²) >= 11 is 0. The molecule has 5 aromatic rings. The first-order chi connectivity index (χ1) is 30.1. The first-order valence-corrected chi connectivity index (χ1v) is 22.2. The normalized spacial score (nSPS) is 12.5. The molecule has 0 unspecified atom stereocenters. The second kappa shape index (κ2) is 20.4. The van der Waals surface area contributed by atoms with Crippen LogP contribution in [-0.2, 0) is 35.5 Å². The summed E-state index contributed by atoms with van der Waals surface area (Å²) in [6.07, 6.45) is 5.92. The first kappa shape index (κ1) is 43.7. The number of amides is 2. The van der Waals surface area contributed by atoms with Gasteiger partial charge in [-0.25, -0.2) is 19.6 Å². The van der Waals surface area contributed by atoms with E-state index >= 15 is 0 Å². The summed E-state index contributed by atoms with van der Waals surface area (Å²) in [6.45, 7) is 14.7. The quantitative estimate of drug-likeness (QED) is 0.0732. The lowest BCUT2D eigenvalue weighted by Gasteiger charge is -2.08. The maximum atomic E-state index is 12.5. The van der Waals surface area contributed by atoms with Crippen molar-refractivity contribution in [1.29, 1.82) is 0 Å². The van der Waals surface area contributed by atoms with Crippen LogP contribution >= 0.6 is 0 Å². The number of rotatable bonds is 16. The number of nitrogens with one attached hydrogen (secondary N) is 4. The van der Waals surface area contributed by atoms with Crippen molar-refractivity contribution in [2.45, 2.75) is 106 Å². The lowest BCUT2D eigenvalue weighted by Crippen LogP contribution is -2.25. The maximum Gasteiger partial charge on any atom is 0.407 e. The topological polar surface area (TPSA) is 134 Å². The average molecular weight is 833 g/mol. The minimum Gasteiger partial charge on any atom is -0.445 e. The van der Waals surface area contributed by atoms with Crippen molar-refractivity contribution in [2.24, 2.45) is 0 Å². The molecular formula is C52H60N6O4. The Bertz CT molecular complexity index is 2640. The molecule has 0 saturated carbocycles. The molecule has 62 heavy (non-hydrogen) atoms. The van der Waals surface area contributed by atoms with Crippen molar-refractivity contribution in [3.05, 3.63) is 141 Å². The lowest BCUT2D eigenvalue weighted by molar-refractivity contribution is 0.138. The van der Waals surface area contributed by atoms with Gasteiger partial charge in [-0.3, -0.25) is 0 Å². The Kier molecular flexibility index (Phi) is 14.4. The fourth-order valence-electron chi connectivity index (χ4n) is 8.54. The van der Waals surface area contributed by atoms with E-state index < -0.39 is 12.2 Å². The third kappa shape index (κ3) is 10.4. The molecule has 322 valence electrons. The number of aromatic amines is 2. The predicted octanol–water partition coefficient (Wildman–Crippen LogP) is 12.1. The van der Waals surface area contributed by atoms with Gasteiger partial charge >= 0.3 is 12.2 Å². The van der Waals surface area contributed by atoms with Gasteiger partial charge in [0.05, 0.1) is 22.8 Å². The number of benzene rings is 2. The third-order valence-electron chi connectivity index (χ3n) is 12.2. The Balaban J connectivity index is 1.18. The molecule has 0 spiro atoms. The van der Waals surface area contributed by atoms with E-state index in [1.165, 1.54) is 39.0 Å². The van der Waals surface area contributed by atoms with Crippen LogP contribution in [0.2, 0.25) is 0 Å². The summed E-state index contributed by atoms with van der Waals surface area (Å²) in [6, 6.07) is 28.2. The van der Waals surface area contributed by atoms with Crippen LogP contribution in [-0.4, -0.2) is 45.2 Å². The van der Waals surface area contributed by atoms with Gasteiger partial charge in [0.25, 0.3) is 0 Å². The predicted molar refractivity (Wildman–Crippen MR) is 251 cm³/mol. The van der Waals surface area contributed by atoms with Crippen LogP contribution in [0.15, 0.2) is 84.9 Å². The fourth-order valence-corrected chi connectivity index (χ4v) is 8.54. The van der Waals surface area contributed by atoms with E-state index in [-0.39, 0.29) is 13.2 Å². The summed E-state index contributed by atoms with van der Waals surface area (Å²) in [5, 5.41) is 5.85. The van der Waals surface area contributed by atoms with Gasteiger partial charge in [-0.15, -0.1) is 0 Å². The van der Waals surface area contributed by atoms with Crippen LogP contribution in [0.5, 0.6) is 0 Å². The Hall–Kier alpha value is -6.42. The van der Waals surface area contributed by atoms with Crippen molar-refractivity contribution in [3.8, 4) is 0 Å². The molecule has 5 heterocycles. The molecule has 10 heteroatoms. The van der Waals surface area contributed by atoms with E-state index in [2.05, 4.69) is 86.4 Å². The fraction of sp³-hybridized carbons (Fsp3) is 0.346. The molecule has 2 amide bonds. The molecule has 7 rings (SSSR count). The molecule has 0 aliphatic carbocycles. The van der Waals surface area contributed by atoms with Gasteiger partial charge in [-0.2, -0.15) is 0 Å². The van der Waals surface area contributed by atoms with Crippen molar-refractivity contribution in [2.75, 3.05) is 13.1 Å². The number of ether oxygens (including phenoxy) is 2. The summed E-state index contributed by atoms with van der Waals surface area (Å²) < 4.78 is 10.9. The number of carbonyl (C=O) groups excluding carboxylic acids is 2. The van der Waals surface area contributed by atoms with Crippen molar-refractivity contribution in [3.63, 3.8) is 0 Å². The molecule has 0 saturated heterocycles. The molecule has 0 atom stereocenters. The molecule has 2 aliphatic heterocycles. The second-order valence-electron chi connectivity index (χ2n) is 16.3. The van der Waals surface area contributed by atoms with E-state index in [0.29, 0.717) is 13.1 Å². The number of aryl methyl sites for hydroxylation is 4. The van der Waals surface area contributed by atoms with Gasteiger partial charge < -0.3 is 30.1 Å². The zero-order chi connectivity index (χ0) is 43.6. The van der Waals surface area contributed by atoms with Gasteiger partial charge in [-0.05, 0) is 159 Å². The Labute approximate surface area is 365 Å². The number of H-pyrrole nitrogens is 2. The number of aromatic nitrogens is 4. The van der Waals surface area contributed by atoms with Crippen LogP contribution in [0, 0.1) is 13.8 Å². The van der Waals surface area contributed by atoms with Crippen LogP contribution < -0.4 is 10.6 Å². The van der Waals surface area contributed by atoms with Crippen LogP contribution in [0.4, 0.5) is 9.59 Å². The summed E-state index contributed by atoms with van der Waals surface area (Å²) in [4.78, 5) is 43.1. The highest BCUT2D eigenvalue weighted by molar-refractivity contribution is 5.95. The standard InChI is InChI=1S/C52H60N6O4/c1-7-39-33(3)43-27-44-35(5)41(23-15-17-25-53-51(59)61-31-37-19-11-9-12-20-37)49(57-44)30-50-42(24-16-18-26-54-52(60)62-32-38-21-13-10-14-22-38)36(6)46(58-50)29-48-40(8-2)34(4)45(56-48)28-47(39)55-43/h9-14,19-22,27-30,55,58H,7-8,15-18,23-26,31-32H2,1-6H3,(H,53,59)(H,54,60). The summed E-state index contributed by atoms with van der Waals surface area (Å²) in [7, 11) is 0. The number of alkyl carbamates (subject to hydrolysis) is 2. The maximum absolute atomic E-state index is 12.5. The van der Waals surface area contributed by atoms with E-state index in [0.717, 1.165) is 113 Å². The van der Waals surface area contributed by atoms with E-state index in [4.69, 9.17) is 19.4 Å². The van der Waals surface area contributed by atoms with Gasteiger partial charge in [0.2, 0.25) is 0 Å². The minimum absolute atomic E-state index is 0.243. The summed E-state index contributed by atoms with van der Waals surface area (Å²) in [5.74, 6) is 0. The van der Waals surface area contributed by atoms with Gasteiger partial charge in [0, 0.05) is 35.2 Å². The van der Waals surface area contributed by atoms with Crippen molar-refractivity contribution >= 4 is 56.5 Å². The average Bonchev–Trinajstić information content (AvgIpc) is 3.94. The number of nitrogens with zero attached hydrogens (tertiary/aromatic N) is 2. The molecular weight excluding hydrogens is 773 g/mol. The third-order valence-corrected chi connectivity index (χ3v) is 12.2. The number of allylic oxidation sites excluding steroid dienone is 4. The smallest absolute Gasteiger partial charge is 0.407 e. The van der Waals surface area contributed by atoms with E-state index in [9.17, 15) is 9.59 Å². The largest absolute Gasteiger partial charge is 0.445 e. The Morgan fingerprint density at radius 3 is 1.53 bits per heavy atom. The van der Waals surface area contributed by atoms with Crippen LogP contribution in [0.1, 0.15) is 122 Å². The zero-order valence-electron chi connectivity index (χ0n) is 37.1. The molecule has 0 fully saturated rings. The molecule has 0 radical (unpaired) electrons. The van der Waals surface area contributed by atoms with Gasteiger partial charge in [0.1, 0.15) is 13.2 Å². The number of carbonyl (C=O) groups is 2. The Morgan fingerprint density at radius 2 is 0.984 bits per heavy atom. The second-order valence-corrected chi connectivity index (χ2v) is 16.3. The van der Waals surface area contributed by atoms with Gasteiger partial charge in [-0.1, -0.05) is 74.5 Å². The highest BCUT2D eigenvalue weighted by atomic mass is 16.6. The number of hydrogen-bond donors (Lipinski definition) is 4. The molecule has 10 nitrogen and oxygen atoms in total. The van der Waals surface area contributed by atoms with E-state index in [1.807, 2.05) is 60.7 Å². The highest BCUT2D eigenvalue weighted by Crippen LogP contribution is 2.37. The van der Waals surface area contributed by atoms with E-state index in [1.54, 1.807) is 0 Å². The monoisotopic (exact) mass is 832 g/mol.